The monoisotopic (exact) mass is 423 g/mol. The molecule has 0 atom stereocenters. The van der Waals surface area contributed by atoms with Crippen LogP contribution in [0.15, 0.2) is 41.5 Å². The molecule has 5 rings (SSSR count). The fourth-order valence-corrected chi connectivity index (χ4v) is 3.89. The minimum absolute atomic E-state index is 0.0101. The van der Waals surface area contributed by atoms with Crippen LogP contribution in [0.1, 0.15) is 47.2 Å². The Labute approximate surface area is 187 Å². The number of nitrogens with zero attached hydrogens (tertiary/aromatic N) is 4. The number of aromatic amines is 1. The van der Waals surface area contributed by atoms with Crippen LogP contribution in [-0.4, -0.2) is 58.9 Å². The van der Waals surface area contributed by atoms with Crippen LogP contribution in [0.3, 0.4) is 0 Å². The smallest absolute Gasteiger partial charge is 0.269 e. The van der Waals surface area contributed by atoms with Crippen molar-refractivity contribution in [3.8, 4) is 0 Å². The van der Waals surface area contributed by atoms with Gasteiger partial charge in [-0.25, -0.2) is 4.98 Å². The lowest BCUT2D eigenvalue weighted by atomic mass is 10.1. The maximum absolute atomic E-state index is 12.4. The van der Waals surface area contributed by atoms with Gasteiger partial charge in [0.25, 0.3) is 11.5 Å². The molecule has 3 aromatic rings. The maximum Gasteiger partial charge on any atom is 0.269 e. The number of hydrogen-bond donors (Lipinski definition) is 2. The Morgan fingerprint density at radius 1 is 1.23 bits per heavy atom. The molecular formula is C23H26N6O2. The van der Waals surface area contributed by atoms with Crippen LogP contribution < -0.4 is 15.8 Å². The first kappa shape index (κ1) is 14.7. The zero-order valence-electron chi connectivity index (χ0n) is 21.9. The van der Waals surface area contributed by atoms with Gasteiger partial charge in [-0.1, -0.05) is 0 Å². The summed E-state index contributed by atoms with van der Waals surface area (Å²) in [4.78, 5) is 39.5. The van der Waals surface area contributed by atoms with Crippen LogP contribution in [0.25, 0.3) is 11.0 Å². The van der Waals surface area contributed by atoms with E-state index in [4.69, 9.17) is 6.85 Å². The van der Waals surface area contributed by atoms with Gasteiger partial charge in [-0.05, 0) is 48.6 Å². The van der Waals surface area contributed by atoms with Gasteiger partial charge in [0, 0.05) is 58.3 Å². The van der Waals surface area contributed by atoms with Gasteiger partial charge in [0.15, 0.2) is 0 Å². The number of fused-ring (bicyclic) bond motifs is 1. The summed E-state index contributed by atoms with van der Waals surface area (Å²) in [5, 5.41) is 1.91. The van der Waals surface area contributed by atoms with E-state index in [2.05, 4.69) is 15.0 Å². The zero-order valence-corrected chi connectivity index (χ0v) is 16.9. The van der Waals surface area contributed by atoms with E-state index in [1.54, 1.807) is 17.0 Å². The Bertz CT molecular complexity index is 1350. The van der Waals surface area contributed by atoms with Gasteiger partial charge in [-0.3, -0.25) is 19.5 Å². The van der Waals surface area contributed by atoms with E-state index < -0.39 is 19.4 Å². The molecule has 8 nitrogen and oxygen atoms in total. The van der Waals surface area contributed by atoms with Crippen molar-refractivity contribution in [1.29, 1.82) is 0 Å². The van der Waals surface area contributed by atoms with E-state index >= 15 is 0 Å². The lowest BCUT2D eigenvalue weighted by Gasteiger charge is -2.36. The van der Waals surface area contributed by atoms with Crippen molar-refractivity contribution in [3.63, 3.8) is 0 Å². The molecule has 2 N–H and O–H groups in total. The van der Waals surface area contributed by atoms with Gasteiger partial charge >= 0.3 is 0 Å². The van der Waals surface area contributed by atoms with Gasteiger partial charge in [-0.2, -0.15) is 0 Å². The minimum Gasteiger partial charge on any atom is -0.368 e. The molecule has 1 amide bonds. The van der Waals surface area contributed by atoms with Crippen LogP contribution in [-0.2, 0) is 6.50 Å². The molecule has 4 heterocycles. The third-order valence-electron chi connectivity index (χ3n) is 5.76. The second-order valence-electron chi connectivity index (χ2n) is 7.93. The van der Waals surface area contributed by atoms with Gasteiger partial charge in [0.2, 0.25) is 0 Å². The second kappa shape index (κ2) is 8.11. The van der Waals surface area contributed by atoms with Crippen LogP contribution in [0.2, 0.25) is 0 Å². The quantitative estimate of drug-likeness (QED) is 0.651. The van der Waals surface area contributed by atoms with E-state index in [1.807, 2.05) is 16.3 Å². The molecule has 0 spiro atoms. The molecule has 0 aromatic carbocycles. The standard InChI is InChI=1S/C23H26N6O2/c1-24-23(31)19-5-4-17(13-26-19)29-8-6-28(7-9-29)14-15-10-21-20(25-12-15)11-18(16-2-3-16)22(30)27-21/h4-5,10-13,16H,2-3,6-9,14H2,1H3,(H,24,31)(H,27,30)/i1D3,14D2. The van der Waals surface area contributed by atoms with Crippen molar-refractivity contribution in [1.82, 2.24) is 25.2 Å². The highest BCUT2D eigenvalue weighted by Crippen LogP contribution is 2.38. The van der Waals surface area contributed by atoms with Gasteiger partial charge < -0.3 is 15.2 Å². The number of H-pyrrole nitrogens is 1. The van der Waals surface area contributed by atoms with Crippen LogP contribution in [0.4, 0.5) is 5.69 Å². The molecule has 2 aliphatic rings. The average Bonchev–Trinajstić information content (AvgIpc) is 3.68. The Hall–Kier alpha value is -3.26. The van der Waals surface area contributed by atoms with E-state index in [0.29, 0.717) is 48.7 Å². The number of nitrogens with one attached hydrogen (secondary N) is 2. The molecule has 8 heteroatoms. The third-order valence-corrected chi connectivity index (χ3v) is 5.76. The summed E-state index contributed by atoms with van der Waals surface area (Å²) in [6.07, 6.45) is 5.08. The van der Waals surface area contributed by atoms with E-state index in [0.717, 1.165) is 24.1 Å². The predicted molar refractivity (Wildman–Crippen MR) is 119 cm³/mol. The average molecular weight is 424 g/mol. The van der Waals surface area contributed by atoms with Gasteiger partial charge in [0.05, 0.1) is 22.9 Å². The number of rotatable bonds is 5. The summed E-state index contributed by atoms with van der Waals surface area (Å²) < 4.78 is 38.9. The predicted octanol–water partition coefficient (Wildman–Crippen LogP) is 1.88. The van der Waals surface area contributed by atoms with Crippen molar-refractivity contribution < 1.29 is 11.6 Å². The molecule has 31 heavy (non-hydrogen) atoms. The Morgan fingerprint density at radius 2 is 2.06 bits per heavy atom. The molecule has 160 valence electrons. The number of amides is 1. The maximum atomic E-state index is 12.4. The number of piperazine rings is 1. The molecule has 0 unspecified atom stereocenters. The highest BCUT2D eigenvalue weighted by molar-refractivity contribution is 5.92. The number of anilines is 1. The van der Waals surface area contributed by atoms with Crippen LogP contribution in [0, 0.1) is 0 Å². The molecule has 0 bridgehead atoms. The van der Waals surface area contributed by atoms with E-state index in [1.165, 1.54) is 18.5 Å². The highest BCUT2D eigenvalue weighted by Gasteiger charge is 2.26. The summed E-state index contributed by atoms with van der Waals surface area (Å²) in [6, 6.07) is 6.65. The number of hydrogen-bond acceptors (Lipinski definition) is 6. The van der Waals surface area contributed by atoms with Crippen LogP contribution in [0.5, 0.6) is 0 Å². The van der Waals surface area contributed by atoms with Crippen LogP contribution >= 0.6 is 0 Å². The highest BCUT2D eigenvalue weighted by atomic mass is 16.1. The molecule has 0 radical (unpaired) electrons. The van der Waals surface area contributed by atoms with Gasteiger partial charge in [-0.15, -0.1) is 0 Å². The van der Waals surface area contributed by atoms with Crippen molar-refractivity contribution in [2.75, 3.05) is 38.1 Å². The number of pyridine rings is 3. The largest absolute Gasteiger partial charge is 0.368 e. The molecule has 3 aromatic heterocycles. The van der Waals surface area contributed by atoms with E-state index in [9.17, 15) is 9.59 Å². The van der Waals surface area contributed by atoms with Crippen molar-refractivity contribution in [2.45, 2.75) is 25.3 Å². The fraction of sp³-hybridized carbons (Fsp3) is 0.391. The lowest BCUT2D eigenvalue weighted by Crippen LogP contribution is -2.46. The first-order valence-electron chi connectivity index (χ1n) is 12.8. The SMILES string of the molecule is [2H]C([2H])([2H])NC(=O)c1ccc(N2CCN(C([2H])([2H])c3cnc4cc(C5CC5)c(=O)[nH]c4c3)CC2)cn1. The molecule has 1 saturated heterocycles. The summed E-state index contributed by atoms with van der Waals surface area (Å²) >= 11 is 0. The molecular weight excluding hydrogens is 392 g/mol. The zero-order chi connectivity index (χ0) is 25.7. The lowest BCUT2D eigenvalue weighted by molar-refractivity contribution is 0.0958. The minimum atomic E-state index is -2.58. The normalized spacial score (nSPS) is 20.4. The number of carbonyl (C=O) groups is 1. The molecule has 1 aliphatic carbocycles. The molecule has 1 saturated carbocycles. The Balaban J connectivity index is 1.26. The summed E-state index contributed by atoms with van der Waals surface area (Å²) in [7, 11) is 0. The van der Waals surface area contributed by atoms with Crippen molar-refractivity contribution in [3.05, 3.63) is 63.8 Å². The molecule has 1 aliphatic heterocycles. The number of carbonyl (C=O) groups excluding carboxylic acids is 1. The van der Waals surface area contributed by atoms with Crippen molar-refractivity contribution in [2.24, 2.45) is 0 Å². The molecule has 2 fully saturated rings. The Morgan fingerprint density at radius 3 is 2.77 bits per heavy atom. The topological polar surface area (TPSA) is 94.2 Å². The van der Waals surface area contributed by atoms with Crippen molar-refractivity contribution >= 4 is 22.6 Å². The first-order chi connectivity index (χ1) is 17.0. The van der Waals surface area contributed by atoms with E-state index in [-0.39, 0.29) is 11.3 Å². The first-order valence-corrected chi connectivity index (χ1v) is 10.3. The second-order valence-corrected chi connectivity index (χ2v) is 7.93. The fourth-order valence-electron chi connectivity index (χ4n) is 3.89. The summed E-state index contributed by atoms with van der Waals surface area (Å²) in [5.41, 5.74) is 2.95. The Kier molecular flexibility index (Phi) is 3.84. The number of aromatic nitrogens is 3. The summed E-state index contributed by atoms with van der Waals surface area (Å²) in [5.74, 6) is -0.464. The third kappa shape index (κ3) is 4.16. The summed E-state index contributed by atoms with van der Waals surface area (Å²) in [6.45, 7) is -2.43. The van der Waals surface area contributed by atoms with Gasteiger partial charge in [0.1, 0.15) is 5.69 Å².